The van der Waals surface area contributed by atoms with Gasteiger partial charge >= 0.3 is 0 Å². The molecule has 0 aliphatic carbocycles. The summed E-state index contributed by atoms with van der Waals surface area (Å²) in [6.45, 7) is -1.35. The molecule has 0 heterocycles. The van der Waals surface area contributed by atoms with Crippen LogP contribution in [0.3, 0.4) is 0 Å². The highest BCUT2D eigenvalue weighted by atomic mass is 19.3. The largest absolute Gasteiger partial charge is 0.395 e. The smallest absolute Gasteiger partial charge is 0.255 e. The minimum atomic E-state index is -2.68. The van der Waals surface area contributed by atoms with E-state index < -0.39 is 31.3 Å². The number of aliphatic hydroxyl groups excluding tert-OH is 1. The number of hydrogen-bond donors (Lipinski definition) is 1. The second-order valence-electron chi connectivity index (χ2n) is 3.72. The summed E-state index contributed by atoms with van der Waals surface area (Å²) >= 11 is 0. The molecule has 3 nitrogen and oxygen atoms in total. The summed E-state index contributed by atoms with van der Waals surface area (Å²) in [5.74, 6) is -1.18. The highest BCUT2D eigenvalue weighted by Gasteiger charge is 2.18. The molecule has 1 N–H and O–H groups in total. The van der Waals surface area contributed by atoms with E-state index in [-0.39, 0.29) is 18.5 Å². The van der Waals surface area contributed by atoms with Crippen LogP contribution in [0.4, 0.5) is 13.2 Å². The van der Waals surface area contributed by atoms with Crippen molar-refractivity contribution >= 4 is 5.91 Å². The van der Waals surface area contributed by atoms with Gasteiger partial charge in [0, 0.05) is 6.54 Å². The second-order valence-corrected chi connectivity index (χ2v) is 3.72. The fourth-order valence-corrected chi connectivity index (χ4v) is 1.52. The van der Waals surface area contributed by atoms with Gasteiger partial charge in [-0.1, -0.05) is 18.2 Å². The van der Waals surface area contributed by atoms with Crippen molar-refractivity contribution in [1.29, 1.82) is 0 Å². The van der Waals surface area contributed by atoms with E-state index in [1.807, 2.05) is 0 Å². The van der Waals surface area contributed by atoms with Crippen LogP contribution in [0, 0.1) is 5.82 Å². The van der Waals surface area contributed by atoms with Crippen LogP contribution >= 0.6 is 0 Å². The van der Waals surface area contributed by atoms with Gasteiger partial charge in [-0.15, -0.1) is 0 Å². The zero-order valence-corrected chi connectivity index (χ0v) is 9.65. The van der Waals surface area contributed by atoms with Gasteiger partial charge in [-0.3, -0.25) is 4.79 Å². The standard InChI is InChI=1S/C12H14F3NO2/c13-10-4-2-1-3-9(10)7-12(18)16(5-6-17)8-11(14)15/h1-4,11,17H,5-8H2. The van der Waals surface area contributed by atoms with Crippen molar-refractivity contribution in [1.82, 2.24) is 4.90 Å². The van der Waals surface area contributed by atoms with Crippen molar-refractivity contribution in [3.8, 4) is 0 Å². The maximum atomic E-state index is 13.3. The van der Waals surface area contributed by atoms with E-state index in [0.29, 0.717) is 0 Å². The highest BCUT2D eigenvalue weighted by Crippen LogP contribution is 2.09. The lowest BCUT2D eigenvalue weighted by molar-refractivity contribution is -0.133. The number of halogens is 3. The molecular formula is C12H14F3NO2. The Hall–Kier alpha value is -1.56. The molecule has 0 aromatic heterocycles. The van der Waals surface area contributed by atoms with E-state index in [0.717, 1.165) is 4.90 Å². The van der Waals surface area contributed by atoms with Gasteiger partial charge in [0.1, 0.15) is 5.82 Å². The van der Waals surface area contributed by atoms with E-state index in [4.69, 9.17) is 5.11 Å². The topological polar surface area (TPSA) is 40.5 Å². The Morgan fingerprint density at radius 1 is 1.33 bits per heavy atom. The molecule has 0 aliphatic rings. The Morgan fingerprint density at radius 2 is 2.00 bits per heavy atom. The van der Waals surface area contributed by atoms with Gasteiger partial charge in [0.15, 0.2) is 0 Å². The fourth-order valence-electron chi connectivity index (χ4n) is 1.52. The quantitative estimate of drug-likeness (QED) is 0.842. The Bertz CT molecular complexity index is 399. The van der Waals surface area contributed by atoms with Crippen LogP contribution in [-0.2, 0) is 11.2 Å². The molecule has 0 saturated carbocycles. The molecule has 1 amide bonds. The fraction of sp³-hybridized carbons (Fsp3) is 0.417. The van der Waals surface area contributed by atoms with Gasteiger partial charge in [-0.25, -0.2) is 13.2 Å². The lowest BCUT2D eigenvalue weighted by atomic mass is 10.1. The molecule has 0 atom stereocenters. The third kappa shape index (κ3) is 4.37. The summed E-state index contributed by atoms with van der Waals surface area (Å²) in [6.07, 6.45) is -2.97. The van der Waals surface area contributed by atoms with E-state index in [1.54, 1.807) is 6.07 Å². The molecule has 6 heteroatoms. The molecule has 0 fully saturated rings. The predicted molar refractivity (Wildman–Crippen MR) is 59.8 cm³/mol. The minimum Gasteiger partial charge on any atom is -0.395 e. The normalized spacial score (nSPS) is 10.7. The first-order valence-corrected chi connectivity index (χ1v) is 5.44. The summed E-state index contributed by atoms with van der Waals surface area (Å²) in [5.41, 5.74) is 0.153. The van der Waals surface area contributed by atoms with Crippen LogP contribution < -0.4 is 0 Å². The lowest BCUT2D eigenvalue weighted by Crippen LogP contribution is -2.38. The van der Waals surface area contributed by atoms with E-state index in [1.165, 1.54) is 18.2 Å². The Labute approximate surface area is 103 Å². The van der Waals surface area contributed by atoms with Crippen molar-refractivity contribution in [2.24, 2.45) is 0 Å². The molecule has 100 valence electrons. The average Bonchev–Trinajstić information content (AvgIpc) is 2.31. The molecule has 0 spiro atoms. The summed E-state index contributed by atoms with van der Waals surface area (Å²) in [6, 6.07) is 5.67. The van der Waals surface area contributed by atoms with Gasteiger partial charge in [0.2, 0.25) is 5.91 Å². The first kappa shape index (κ1) is 14.5. The first-order valence-electron chi connectivity index (χ1n) is 5.44. The van der Waals surface area contributed by atoms with Gasteiger partial charge in [0.25, 0.3) is 6.43 Å². The Kier molecular flexibility index (Phi) is 5.64. The minimum absolute atomic E-state index is 0.153. The third-order valence-corrected chi connectivity index (χ3v) is 2.38. The predicted octanol–water partition coefficient (Wildman–Crippen LogP) is 1.45. The van der Waals surface area contributed by atoms with Crippen LogP contribution in [-0.4, -0.2) is 42.0 Å². The number of alkyl halides is 2. The Balaban J connectivity index is 2.69. The third-order valence-electron chi connectivity index (χ3n) is 2.38. The van der Waals surface area contributed by atoms with Crippen molar-refractivity contribution in [2.75, 3.05) is 19.7 Å². The lowest BCUT2D eigenvalue weighted by Gasteiger charge is -2.21. The van der Waals surface area contributed by atoms with E-state index in [9.17, 15) is 18.0 Å². The van der Waals surface area contributed by atoms with Crippen molar-refractivity contribution in [3.63, 3.8) is 0 Å². The molecule has 0 unspecified atom stereocenters. The van der Waals surface area contributed by atoms with Gasteiger partial charge < -0.3 is 10.0 Å². The molecule has 1 aromatic rings. The summed E-state index contributed by atoms with van der Waals surface area (Å²) in [5, 5.41) is 8.71. The SMILES string of the molecule is O=C(Cc1ccccc1F)N(CCO)CC(F)F. The second kappa shape index (κ2) is 7.00. The van der Waals surface area contributed by atoms with Crippen LogP contribution in [0.2, 0.25) is 0 Å². The molecule has 1 aromatic carbocycles. The number of nitrogens with zero attached hydrogens (tertiary/aromatic N) is 1. The summed E-state index contributed by atoms with van der Waals surface area (Å²) in [7, 11) is 0. The number of aliphatic hydroxyl groups is 1. The number of carbonyl (C=O) groups is 1. The van der Waals surface area contributed by atoms with Crippen LogP contribution in [0.1, 0.15) is 5.56 Å². The van der Waals surface area contributed by atoms with Crippen LogP contribution in [0.25, 0.3) is 0 Å². The van der Waals surface area contributed by atoms with Gasteiger partial charge in [0.05, 0.1) is 19.6 Å². The molecular weight excluding hydrogens is 247 g/mol. The summed E-state index contributed by atoms with van der Waals surface area (Å²) in [4.78, 5) is 12.5. The van der Waals surface area contributed by atoms with Crippen LogP contribution in [0.5, 0.6) is 0 Å². The van der Waals surface area contributed by atoms with E-state index in [2.05, 4.69) is 0 Å². The highest BCUT2D eigenvalue weighted by molar-refractivity contribution is 5.78. The Morgan fingerprint density at radius 3 is 2.56 bits per heavy atom. The van der Waals surface area contributed by atoms with Gasteiger partial charge in [-0.05, 0) is 11.6 Å². The van der Waals surface area contributed by atoms with Crippen molar-refractivity contribution in [3.05, 3.63) is 35.6 Å². The zero-order valence-electron chi connectivity index (χ0n) is 9.65. The van der Waals surface area contributed by atoms with Gasteiger partial charge in [-0.2, -0.15) is 0 Å². The number of carbonyl (C=O) groups excluding carboxylic acids is 1. The molecule has 0 saturated heterocycles. The monoisotopic (exact) mass is 261 g/mol. The maximum absolute atomic E-state index is 13.3. The molecule has 1 rings (SSSR count). The number of benzene rings is 1. The molecule has 0 radical (unpaired) electrons. The molecule has 18 heavy (non-hydrogen) atoms. The average molecular weight is 261 g/mol. The number of rotatable bonds is 6. The zero-order chi connectivity index (χ0) is 13.5. The van der Waals surface area contributed by atoms with Crippen molar-refractivity contribution in [2.45, 2.75) is 12.8 Å². The number of amides is 1. The number of hydrogen-bond acceptors (Lipinski definition) is 2. The summed E-state index contributed by atoms with van der Waals surface area (Å²) < 4.78 is 37.8. The first-order chi connectivity index (χ1) is 8.54. The molecule has 0 bridgehead atoms. The van der Waals surface area contributed by atoms with E-state index >= 15 is 0 Å². The van der Waals surface area contributed by atoms with Crippen LogP contribution in [0.15, 0.2) is 24.3 Å². The maximum Gasteiger partial charge on any atom is 0.255 e. The molecule has 0 aliphatic heterocycles. The van der Waals surface area contributed by atoms with Crippen molar-refractivity contribution < 1.29 is 23.1 Å².